The molecule has 1 amide bonds. The van der Waals surface area contributed by atoms with E-state index in [1.807, 2.05) is 30.3 Å². The fourth-order valence-electron chi connectivity index (χ4n) is 2.93. The van der Waals surface area contributed by atoms with Gasteiger partial charge in [-0.15, -0.1) is 0 Å². The van der Waals surface area contributed by atoms with Gasteiger partial charge in [-0.05, 0) is 35.7 Å². The van der Waals surface area contributed by atoms with Crippen molar-refractivity contribution in [1.82, 2.24) is 10.3 Å². The van der Waals surface area contributed by atoms with Gasteiger partial charge in [0.05, 0.1) is 11.6 Å². The Morgan fingerprint density at radius 3 is 2.57 bits per heavy atom. The Kier molecular flexibility index (Phi) is 5.77. The van der Waals surface area contributed by atoms with Crippen LogP contribution in [-0.4, -0.2) is 28.0 Å². The molecule has 144 valence electrons. The maximum absolute atomic E-state index is 12.3. The van der Waals surface area contributed by atoms with Crippen molar-refractivity contribution < 1.29 is 14.7 Å². The molecule has 1 atom stereocenters. The summed E-state index contributed by atoms with van der Waals surface area (Å²) >= 11 is 6.10. The zero-order chi connectivity index (χ0) is 20.3. The summed E-state index contributed by atoms with van der Waals surface area (Å²) in [5.74, 6) is -1.67. The first-order valence-electron chi connectivity index (χ1n) is 8.51. The molecule has 3 rings (SSSR count). The Bertz CT molecular complexity index is 1100. The van der Waals surface area contributed by atoms with Crippen molar-refractivity contribution in [1.29, 1.82) is 0 Å². The van der Waals surface area contributed by atoms with Crippen LogP contribution >= 0.6 is 11.6 Å². The third-order valence-corrected chi connectivity index (χ3v) is 4.54. The molecule has 7 nitrogen and oxygen atoms in total. The Labute approximate surface area is 165 Å². The number of hydrogen-bond acceptors (Lipinski definition) is 4. The van der Waals surface area contributed by atoms with Crippen molar-refractivity contribution >= 4 is 34.4 Å². The molecule has 3 aromatic rings. The first-order valence-corrected chi connectivity index (χ1v) is 8.89. The number of halogens is 1. The van der Waals surface area contributed by atoms with Gasteiger partial charge in [0.1, 0.15) is 5.56 Å². The summed E-state index contributed by atoms with van der Waals surface area (Å²) in [5.41, 5.74) is 6.78. The second kappa shape index (κ2) is 8.24. The van der Waals surface area contributed by atoms with Crippen molar-refractivity contribution in [2.45, 2.75) is 19.0 Å². The lowest BCUT2D eigenvalue weighted by molar-refractivity contribution is -0.122. The summed E-state index contributed by atoms with van der Waals surface area (Å²) in [6.07, 6.45) is 0.391. The minimum atomic E-state index is -1.33. The maximum atomic E-state index is 12.3. The van der Waals surface area contributed by atoms with Crippen molar-refractivity contribution in [3.05, 3.63) is 80.6 Å². The molecule has 1 heterocycles. The number of aromatic amines is 1. The minimum absolute atomic E-state index is 0.0841. The van der Waals surface area contributed by atoms with Crippen LogP contribution in [0.1, 0.15) is 21.5 Å². The number of nitrogens with one attached hydrogen (secondary N) is 2. The second-order valence-corrected chi connectivity index (χ2v) is 6.80. The quantitative estimate of drug-likeness (QED) is 0.505. The first-order chi connectivity index (χ1) is 13.3. The van der Waals surface area contributed by atoms with E-state index in [-0.39, 0.29) is 18.0 Å². The smallest absolute Gasteiger partial charge is 0.341 e. The van der Waals surface area contributed by atoms with Gasteiger partial charge in [-0.1, -0.05) is 41.9 Å². The molecule has 0 bridgehead atoms. The molecule has 0 saturated heterocycles. The van der Waals surface area contributed by atoms with Crippen LogP contribution in [0, 0.1) is 0 Å². The molecule has 8 heteroatoms. The van der Waals surface area contributed by atoms with Crippen LogP contribution in [0.5, 0.6) is 0 Å². The lowest BCUT2D eigenvalue weighted by Gasteiger charge is -2.14. The second-order valence-electron chi connectivity index (χ2n) is 6.36. The lowest BCUT2D eigenvalue weighted by Crippen LogP contribution is -2.41. The van der Waals surface area contributed by atoms with E-state index in [1.54, 1.807) is 12.1 Å². The number of fused-ring (bicyclic) bond motifs is 1. The van der Waals surface area contributed by atoms with Crippen LogP contribution in [0.3, 0.4) is 0 Å². The Morgan fingerprint density at radius 1 is 1.18 bits per heavy atom. The number of benzene rings is 2. The molecular weight excluding hydrogens is 382 g/mol. The number of carboxylic acids is 1. The molecule has 0 radical (unpaired) electrons. The van der Waals surface area contributed by atoms with Crippen molar-refractivity contribution in [3.8, 4) is 0 Å². The number of carbonyl (C=O) groups excluding carboxylic acids is 1. The molecule has 28 heavy (non-hydrogen) atoms. The SMILES string of the molecule is NC(Cc1ccccc1)C(=O)NCc1cc(Cl)cc2cc(C(=O)O)c(=O)[nH]c12. The maximum Gasteiger partial charge on any atom is 0.341 e. The molecule has 0 spiro atoms. The summed E-state index contributed by atoms with van der Waals surface area (Å²) < 4.78 is 0. The fourth-order valence-corrected chi connectivity index (χ4v) is 3.18. The molecule has 5 N–H and O–H groups in total. The highest BCUT2D eigenvalue weighted by molar-refractivity contribution is 6.31. The van der Waals surface area contributed by atoms with Crippen molar-refractivity contribution in [2.24, 2.45) is 5.73 Å². The van der Waals surface area contributed by atoms with Gasteiger partial charge < -0.3 is 21.1 Å². The summed E-state index contributed by atoms with van der Waals surface area (Å²) in [6.45, 7) is 0.0841. The van der Waals surface area contributed by atoms with E-state index in [9.17, 15) is 14.4 Å². The third-order valence-electron chi connectivity index (χ3n) is 4.32. The van der Waals surface area contributed by atoms with E-state index in [0.717, 1.165) is 5.56 Å². The zero-order valence-electron chi connectivity index (χ0n) is 14.7. The number of aromatic carboxylic acids is 1. The zero-order valence-corrected chi connectivity index (χ0v) is 15.5. The molecule has 2 aromatic carbocycles. The molecule has 1 unspecified atom stereocenters. The standard InChI is InChI=1S/C20H18ClN3O4/c21-14-7-12-9-15(20(27)28)18(25)24-17(12)13(8-14)10-23-19(26)16(22)6-11-4-2-1-3-5-11/h1-5,7-9,16H,6,10,22H2,(H,23,26)(H,24,25)(H,27,28). The van der Waals surface area contributed by atoms with Crippen LogP contribution < -0.4 is 16.6 Å². The predicted molar refractivity (Wildman–Crippen MR) is 107 cm³/mol. The minimum Gasteiger partial charge on any atom is -0.477 e. The third kappa shape index (κ3) is 4.39. The number of aromatic nitrogens is 1. The Balaban J connectivity index is 1.80. The number of hydrogen-bond donors (Lipinski definition) is 4. The summed E-state index contributed by atoms with van der Waals surface area (Å²) in [7, 11) is 0. The number of carboxylic acid groups (broad SMARTS) is 1. The van der Waals surface area contributed by atoms with E-state index in [2.05, 4.69) is 10.3 Å². The van der Waals surface area contributed by atoms with E-state index >= 15 is 0 Å². The fraction of sp³-hybridized carbons (Fsp3) is 0.150. The van der Waals surface area contributed by atoms with E-state index in [0.29, 0.717) is 27.9 Å². The predicted octanol–water partition coefficient (Wildman–Crippen LogP) is 2.07. The van der Waals surface area contributed by atoms with Gasteiger partial charge in [-0.2, -0.15) is 0 Å². The Hall–Kier alpha value is -3.16. The normalized spacial score (nSPS) is 11.9. The highest BCUT2D eigenvalue weighted by Gasteiger charge is 2.16. The van der Waals surface area contributed by atoms with Crippen LogP contribution in [0.25, 0.3) is 10.9 Å². The van der Waals surface area contributed by atoms with Gasteiger partial charge in [0, 0.05) is 17.0 Å². The van der Waals surface area contributed by atoms with Crippen LogP contribution in [0.4, 0.5) is 0 Å². The summed E-state index contributed by atoms with van der Waals surface area (Å²) in [5, 5.41) is 12.6. The number of carbonyl (C=O) groups is 2. The number of amides is 1. The molecule has 0 aliphatic carbocycles. The molecule has 0 fully saturated rings. The number of pyridine rings is 1. The molecular formula is C20H18ClN3O4. The average Bonchev–Trinajstić information content (AvgIpc) is 2.66. The monoisotopic (exact) mass is 399 g/mol. The highest BCUT2D eigenvalue weighted by atomic mass is 35.5. The number of rotatable bonds is 6. The van der Waals surface area contributed by atoms with Gasteiger partial charge >= 0.3 is 5.97 Å². The first kappa shape index (κ1) is 19.6. The van der Waals surface area contributed by atoms with Crippen LogP contribution in [-0.2, 0) is 17.8 Å². The van der Waals surface area contributed by atoms with Gasteiger partial charge in [0.25, 0.3) is 5.56 Å². The molecule has 0 aliphatic heterocycles. The van der Waals surface area contributed by atoms with E-state index < -0.39 is 17.6 Å². The Morgan fingerprint density at radius 2 is 1.89 bits per heavy atom. The number of H-pyrrole nitrogens is 1. The summed E-state index contributed by atoms with van der Waals surface area (Å²) in [6, 6.07) is 13.1. The van der Waals surface area contributed by atoms with E-state index in [4.69, 9.17) is 22.4 Å². The topological polar surface area (TPSA) is 125 Å². The van der Waals surface area contributed by atoms with Gasteiger partial charge in [-0.3, -0.25) is 9.59 Å². The molecule has 1 aromatic heterocycles. The van der Waals surface area contributed by atoms with Crippen molar-refractivity contribution in [3.63, 3.8) is 0 Å². The van der Waals surface area contributed by atoms with Gasteiger partial charge in [-0.25, -0.2) is 4.79 Å². The van der Waals surface area contributed by atoms with Gasteiger partial charge in [0.2, 0.25) is 5.91 Å². The van der Waals surface area contributed by atoms with Crippen LogP contribution in [0.2, 0.25) is 5.02 Å². The van der Waals surface area contributed by atoms with E-state index in [1.165, 1.54) is 6.07 Å². The highest BCUT2D eigenvalue weighted by Crippen LogP contribution is 2.22. The van der Waals surface area contributed by atoms with Gasteiger partial charge in [0.15, 0.2) is 0 Å². The van der Waals surface area contributed by atoms with Crippen molar-refractivity contribution in [2.75, 3.05) is 0 Å². The summed E-state index contributed by atoms with van der Waals surface area (Å²) in [4.78, 5) is 38.0. The van der Waals surface area contributed by atoms with Crippen LogP contribution in [0.15, 0.2) is 53.3 Å². The number of nitrogens with two attached hydrogens (primary N) is 1. The largest absolute Gasteiger partial charge is 0.477 e. The molecule has 0 saturated carbocycles. The lowest BCUT2D eigenvalue weighted by atomic mass is 10.1. The average molecular weight is 400 g/mol. The molecule has 0 aliphatic rings.